The second-order valence-corrected chi connectivity index (χ2v) is 6.04. The van der Waals surface area contributed by atoms with Crippen molar-refractivity contribution < 1.29 is 14.4 Å². The zero-order valence-electron chi connectivity index (χ0n) is 12.2. The molecule has 0 unspecified atom stereocenters. The Morgan fingerprint density at radius 2 is 1.81 bits per heavy atom. The van der Waals surface area contributed by atoms with Crippen LogP contribution in [0.3, 0.4) is 0 Å². The molecule has 1 aliphatic heterocycles. The van der Waals surface area contributed by atoms with Crippen LogP contribution in [0.25, 0.3) is 0 Å². The largest absolute Gasteiger partial charge is 0.335 e. The highest BCUT2D eigenvalue weighted by atomic mass is 79.9. The summed E-state index contributed by atoms with van der Waals surface area (Å²) in [6.07, 6.45) is 0.704. The zero-order valence-corrected chi connectivity index (χ0v) is 13.8. The minimum absolute atomic E-state index is 0.352. The van der Waals surface area contributed by atoms with Gasteiger partial charge in [0.2, 0.25) is 5.91 Å². The Bertz CT molecular complexity index is 623. The molecule has 6 heteroatoms. The van der Waals surface area contributed by atoms with Gasteiger partial charge in [0.15, 0.2) is 0 Å². The zero-order chi connectivity index (χ0) is 15.8. The van der Waals surface area contributed by atoms with Crippen molar-refractivity contribution in [2.24, 2.45) is 5.41 Å². The molecule has 0 saturated carbocycles. The molecule has 1 saturated heterocycles. The summed E-state index contributed by atoms with van der Waals surface area (Å²) < 4.78 is 0.763. The van der Waals surface area contributed by atoms with E-state index >= 15 is 0 Å². The van der Waals surface area contributed by atoms with Crippen LogP contribution in [0.15, 0.2) is 22.7 Å². The average Bonchev–Trinajstić information content (AvgIpc) is 2.44. The molecule has 1 heterocycles. The molecule has 1 fully saturated rings. The average molecular weight is 353 g/mol. The van der Waals surface area contributed by atoms with Crippen LogP contribution in [-0.2, 0) is 9.59 Å². The number of urea groups is 1. The third kappa shape index (κ3) is 2.37. The van der Waals surface area contributed by atoms with Crippen LogP contribution in [0.5, 0.6) is 0 Å². The van der Waals surface area contributed by atoms with Crippen molar-refractivity contribution in [1.82, 2.24) is 5.32 Å². The van der Waals surface area contributed by atoms with Crippen LogP contribution >= 0.6 is 15.9 Å². The third-order valence-corrected chi connectivity index (χ3v) is 4.58. The first-order valence-electron chi connectivity index (χ1n) is 6.83. The number of hydrogen-bond donors (Lipinski definition) is 1. The predicted octanol–water partition coefficient (Wildman–Crippen LogP) is 3.15. The fraction of sp³-hybridized carbons (Fsp3) is 0.400. The standard InChI is InChI=1S/C15H17BrN2O3/c1-4-15(5-2)12(19)17-14(21)18(13(15)20)11-8-10(16)7-6-9(11)3/h6-8H,4-5H2,1-3H3,(H,17,19,21). The number of rotatable bonds is 3. The Kier molecular flexibility index (Phi) is 4.18. The van der Waals surface area contributed by atoms with Crippen LogP contribution in [0, 0.1) is 12.3 Å². The van der Waals surface area contributed by atoms with E-state index in [1.54, 1.807) is 19.9 Å². The summed E-state index contributed by atoms with van der Waals surface area (Å²) in [5.41, 5.74) is 0.102. The minimum Gasteiger partial charge on any atom is -0.276 e. The molecule has 5 nitrogen and oxygen atoms in total. The Morgan fingerprint density at radius 3 is 2.38 bits per heavy atom. The van der Waals surface area contributed by atoms with Crippen LogP contribution in [0.1, 0.15) is 32.3 Å². The van der Waals surface area contributed by atoms with Crippen LogP contribution in [0.4, 0.5) is 10.5 Å². The van der Waals surface area contributed by atoms with E-state index in [4.69, 9.17) is 0 Å². The van der Waals surface area contributed by atoms with Crippen molar-refractivity contribution in [3.05, 3.63) is 28.2 Å². The number of barbiturate groups is 1. The van der Waals surface area contributed by atoms with Gasteiger partial charge in [-0.2, -0.15) is 0 Å². The van der Waals surface area contributed by atoms with Crippen molar-refractivity contribution >= 4 is 39.5 Å². The number of aryl methyl sites for hydroxylation is 1. The Labute approximate surface area is 131 Å². The molecule has 1 aromatic carbocycles. The summed E-state index contributed by atoms with van der Waals surface area (Å²) in [6.45, 7) is 5.38. The smallest absolute Gasteiger partial charge is 0.276 e. The number of carbonyl (C=O) groups excluding carboxylic acids is 3. The van der Waals surface area contributed by atoms with Gasteiger partial charge in [-0.3, -0.25) is 14.9 Å². The molecule has 1 aromatic rings. The summed E-state index contributed by atoms with van der Waals surface area (Å²) >= 11 is 3.34. The van der Waals surface area contributed by atoms with Crippen LogP contribution < -0.4 is 10.2 Å². The lowest BCUT2D eigenvalue weighted by atomic mass is 9.78. The maximum Gasteiger partial charge on any atom is 0.335 e. The van der Waals surface area contributed by atoms with E-state index in [1.165, 1.54) is 0 Å². The lowest BCUT2D eigenvalue weighted by Crippen LogP contribution is -2.64. The van der Waals surface area contributed by atoms with Gasteiger partial charge < -0.3 is 0 Å². The molecule has 0 aliphatic carbocycles. The maximum atomic E-state index is 12.8. The number of benzene rings is 1. The molecule has 1 aliphatic rings. The SMILES string of the molecule is CCC1(CC)C(=O)NC(=O)N(c2cc(Br)ccc2C)C1=O. The van der Waals surface area contributed by atoms with Crippen molar-refractivity contribution in [1.29, 1.82) is 0 Å². The van der Waals surface area contributed by atoms with E-state index in [1.807, 2.05) is 19.1 Å². The highest BCUT2D eigenvalue weighted by Crippen LogP contribution is 2.36. The summed E-state index contributed by atoms with van der Waals surface area (Å²) in [5.74, 6) is -0.964. The molecule has 0 bridgehead atoms. The number of amides is 4. The summed E-state index contributed by atoms with van der Waals surface area (Å²) in [5, 5.41) is 2.31. The molecule has 0 aromatic heterocycles. The number of anilines is 1. The number of halogens is 1. The van der Waals surface area contributed by atoms with Gasteiger partial charge in [0.05, 0.1) is 5.69 Å². The predicted molar refractivity (Wildman–Crippen MR) is 82.9 cm³/mol. The first-order valence-corrected chi connectivity index (χ1v) is 7.62. The van der Waals surface area contributed by atoms with E-state index in [9.17, 15) is 14.4 Å². The highest BCUT2D eigenvalue weighted by Gasteiger charge is 2.52. The number of nitrogens with zero attached hydrogens (tertiary/aromatic N) is 1. The molecule has 21 heavy (non-hydrogen) atoms. The van der Waals surface area contributed by atoms with Gasteiger partial charge in [-0.25, -0.2) is 9.69 Å². The third-order valence-electron chi connectivity index (χ3n) is 4.09. The van der Waals surface area contributed by atoms with Crippen LogP contribution in [-0.4, -0.2) is 17.8 Å². The van der Waals surface area contributed by atoms with Gasteiger partial charge in [-0.05, 0) is 37.5 Å². The Morgan fingerprint density at radius 1 is 1.19 bits per heavy atom. The molecular formula is C15H17BrN2O3. The van der Waals surface area contributed by atoms with Gasteiger partial charge >= 0.3 is 6.03 Å². The molecule has 0 atom stereocenters. The monoisotopic (exact) mass is 352 g/mol. The summed E-state index contributed by atoms with van der Waals surface area (Å²) in [4.78, 5) is 38.2. The maximum absolute atomic E-state index is 12.8. The van der Waals surface area contributed by atoms with E-state index in [0.717, 1.165) is 14.9 Å². The normalized spacial score (nSPS) is 17.9. The number of carbonyl (C=O) groups is 3. The van der Waals surface area contributed by atoms with E-state index in [0.29, 0.717) is 18.5 Å². The molecule has 0 spiro atoms. The first-order chi connectivity index (χ1) is 9.87. The topological polar surface area (TPSA) is 66.5 Å². The van der Waals surface area contributed by atoms with E-state index in [2.05, 4.69) is 21.2 Å². The molecule has 1 N–H and O–H groups in total. The fourth-order valence-corrected chi connectivity index (χ4v) is 2.94. The summed E-state index contributed by atoms with van der Waals surface area (Å²) in [7, 11) is 0. The van der Waals surface area contributed by atoms with E-state index < -0.39 is 23.3 Å². The Balaban J connectivity index is 2.57. The first kappa shape index (κ1) is 15.7. The quantitative estimate of drug-likeness (QED) is 0.849. The highest BCUT2D eigenvalue weighted by molar-refractivity contribution is 9.10. The molecule has 4 amide bonds. The minimum atomic E-state index is -1.18. The van der Waals surface area contributed by atoms with Crippen LogP contribution in [0.2, 0.25) is 0 Å². The molecule has 2 rings (SSSR count). The van der Waals surface area contributed by atoms with Crippen molar-refractivity contribution in [3.63, 3.8) is 0 Å². The van der Waals surface area contributed by atoms with Gasteiger partial charge in [0.25, 0.3) is 5.91 Å². The number of nitrogens with one attached hydrogen (secondary N) is 1. The Hall–Kier alpha value is -1.69. The molecule has 112 valence electrons. The van der Waals surface area contributed by atoms with Crippen molar-refractivity contribution in [3.8, 4) is 0 Å². The second-order valence-electron chi connectivity index (χ2n) is 5.12. The van der Waals surface area contributed by atoms with Gasteiger partial charge in [0.1, 0.15) is 5.41 Å². The lowest BCUT2D eigenvalue weighted by molar-refractivity contribution is -0.143. The van der Waals surface area contributed by atoms with E-state index in [-0.39, 0.29) is 0 Å². The van der Waals surface area contributed by atoms with Gasteiger partial charge in [0, 0.05) is 4.47 Å². The van der Waals surface area contributed by atoms with Gasteiger partial charge in [-0.15, -0.1) is 0 Å². The summed E-state index contributed by atoms with van der Waals surface area (Å²) in [6, 6.07) is 4.67. The van der Waals surface area contributed by atoms with Crippen molar-refractivity contribution in [2.45, 2.75) is 33.6 Å². The van der Waals surface area contributed by atoms with Gasteiger partial charge in [-0.1, -0.05) is 35.8 Å². The van der Waals surface area contributed by atoms with Crippen molar-refractivity contribution in [2.75, 3.05) is 4.90 Å². The number of imide groups is 2. The number of hydrogen-bond acceptors (Lipinski definition) is 3. The second kappa shape index (κ2) is 5.60. The molecule has 0 radical (unpaired) electrons. The fourth-order valence-electron chi connectivity index (χ4n) is 2.59. The lowest BCUT2D eigenvalue weighted by Gasteiger charge is -2.38. The molecular weight excluding hydrogens is 336 g/mol.